The second-order valence-electron chi connectivity index (χ2n) is 2.88. The standard InChI is InChI=1S/C10H11F2NO2S/c1-2-15-9(14)10(11,12)7-16-8-5-3-4-6-13-8/h3-6H,2,7H2,1H3. The van der Waals surface area contributed by atoms with Gasteiger partial charge in [0.2, 0.25) is 0 Å². The van der Waals surface area contributed by atoms with E-state index in [1.807, 2.05) is 0 Å². The fourth-order valence-electron chi connectivity index (χ4n) is 0.893. The van der Waals surface area contributed by atoms with Crippen LogP contribution in [0.25, 0.3) is 0 Å². The number of carbonyl (C=O) groups is 1. The summed E-state index contributed by atoms with van der Waals surface area (Å²) >= 11 is 0.820. The molecule has 0 aliphatic carbocycles. The quantitative estimate of drug-likeness (QED) is 0.591. The topological polar surface area (TPSA) is 39.2 Å². The first-order valence-corrected chi connectivity index (χ1v) is 5.63. The Morgan fingerprint density at radius 3 is 2.88 bits per heavy atom. The number of rotatable bonds is 5. The molecule has 0 fully saturated rings. The van der Waals surface area contributed by atoms with Gasteiger partial charge in [-0.25, -0.2) is 9.78 Å². The van der Waals surface area contributed by atoms with E-state index in [-0.39, 0.29) is 6.61 Å². The van der Waals surface area contributed by atoms with Gasteiger partial charge >= 0.3 is 11.9 Å². The molecule has 0 radical (unpaired) electrons. The fourth-order valence-corrected chi connectivity index (χ4v) is 1.65. The van der Waals surface area contributed by atoms with E-state index in [0.717, 1.165) is 11.8 Å². The largest absolute Gasteiger partial charge is 0.462 e. The Hall–Kier alpha value is -1.17. The van der Waals surface area contributed by atoms with Crippen LogP contribution < -0.4 is 0 Å². The van der Waals surface area contributed by atoms with Gasteiger partial charge in [-0.15, -0.1) is 0 Å². The van der Waals surface area contributed by atoms with Crippen LogP contribution in [0.15, 0.2) is 29.4 Å². The normalized spacial score (nSPS) is 11.2. The molecule has 0 unspecified atom stereocenters. The van der Waals surface area contributed by atoms with Crippen molar-refractivity contribution in [1.29, 1.82) is 0 Å². The summed E-state index contributed by atoms with van der Waals surface area (Å²) in [6, 6.07) is 4.98. The van der Waals surface area contributed by atoms with E-state index in [1.54, 1.807) is 18.2 Å². The van der Waals surface area contributed by atoms with Crippen LogP contribution in [0.5, 0.6) is 0 Å². The molecule has 1 heterocycles. The van der Waals surface area contributed by atoms with Gasteiger partial charge in [-0.2, -0.15) is 8.78 Å². The van der Waals surface area contributed by atoms with E-state index in [9.17, 15) is 13.6 Å². The third-order valence-electron chi connectivity index (χ3n) is 1.61. The fraction of sp³-hybridized carbons (Fsp3) is 0.400. The Morgan fingerprint density at radius 1 is 1.56 bits per heavy atom. The summed E-state index contributed by atoms with van der Waals surface area (Å²) in [6.45, 7) is 1.43. The van der Waals surface area contributed by atoms with Crippen molar-refractivity contribution in [2.75, 3.05) is 12.4 Å². The first kappa shape index (κ1) is 12.9. The van der Waals surface area contributed by atoms with Crippen LogP contribution in [0.1, 0.15) is 6.92 Å². The third-order valence-corrected chi connectivity index (χ3v) is 2.66. The lowest BCUT2D eigenvalue weighted by atomic mass is 10.4. The van der Waals surface area contributed by atoms with Gasteiger partial charge in [-0.3, -0.25) is 0 Å². The second kappa shape index (κ2) is 5.79. The van der Waals surface area contributed by atoms with Crippen LogP contribution in [0.2, 0.25) is 0 Å². The van der Waals surface area contributed by atoms with E-state index in [0.29, 0.717) is 5.03 Å². The number of aromatic nitrogens is 1. The molecule has 88 valence electrons. The number of alkyl halides is 2. The van der Waals surface area contributed by atoms with Crippen molar-refractivity contribution in [3.63, 3.8) is 0 Å². The summed E-state index contributed by atoms with van der Waals surface area (Å²) < 4.78 is 30.6. The Balaban J connectivity index is 2.51. The number of ether oxygens (including phenoxy) is 1. The lowest BCUT2D eigenvalue weighted by Gasteiger charge is -2.13. The lowest BCUT2D eigenvalue weighted by Crippen LogP contribution is -2.33. The van der Waals surface area contributed by atoms with Crippen LogP contribution >= 0.6 is 11.8 Å². The maximum absolute atomic E-state index is 13.2. The number of carbonyl (C=O) groups excluding carboxylic acids is 1. The lowest BCUT2D eigenvalue weighted by molar-refractivity contribution is -0.167. The van der Waals surface area contributed by atoms with Gasteiger partial charge in [-0.1, -0.05) is 17.8 Å². The van der Waals surface area contributed by atoms with Crippen LogP contribution in [0.4, 0.5) is 8.78 Å². The first-order chi connectivity index (χ1) is 7.56. The van der Waals surface area contributed by atoms with Gasteiger partial charge in [0.25, 0.3) is 0 Å². The molecular formula is C10H11F2NO2S. The predicted molar refractivity (Wildman–Crippen MR) is 56.5 cm³/mol. The summed E-state index contributed by atoms with van der Waals surface area (Å²) in [6.07, 6.45) is 1.50. The molecule has 1 rings (SSSR count). The van der Waals surface area contributed by atoms with Crippen molar-refractivity contribution < 1.29 is 18.3 Å². The summed E-state index contributed by atoms with van der Waals surface area (Å²) in [5.74, 6) is -5.63. The molecule has 16 heavy (non-hydrogen) atoms. The highest BCUT2D eigenvalue weighted by Gasteiger charge is 2.40. The van der Waals surface area contributed by atoms with Gasteiger partial charge in [-0.05, 0) is 19.1 Å². The van der Waals surface area contributed by atoms with Crippen molar-refractivity contribution in [2.45, 2.75) is 17.9 Å². The molecule has 0 saturated heterocycles. The molecule has 1 aromatic rings. The molecule has 0 N–H and O–H groups in total. The summed E-state index contributed by atoms with van der Waals surface area (Å²) in [5.41, 5.74) is 0. The monoisotopic (exact) mass is 247 g/mol. The van der Waals surface area contributed by atoms with Crippen molar-refractivity contribution in [3.05, 3.63) is 24.4 Å². The van der Waals surface area contributed by atoms with Gasteiger partial charge in [0.15, 0.2) is 0 Å². The molecular weight excluding hydrogens is 236 g/mol. The number of esters is 1. The Bertz CT molecular complexity index is 346. The van der Waals surface area contributed by atoms with Gasteiger partial charge in [0.1, 0.15) is 0 Å². The maximum Gasteiger partial charge on any atom is 0.377 e. The minimum absolute atomic E-state index is 0.0529. The molecule has 0 aliphatic rings. The molecule has 0 aliphatic heterocycles. The first-order valence-electron chi connectivity index (χ1n) is 4.65. The molecule has 0 saturated carbocycles. The maximum atomic E-state index is 13.2. The molecule has 0 aromatic carbocycles. The number of halogens is 2. The number of hydrogen-bond donors (Lipinski definition) is 0. The summed E-state index contributed by atoms with van der Waals surface area (Å²) in [4.78, 5) is 14.7. The van der Waals surface area contributed by atoms with Crippen LogP contribution in [0, 0.1) is 0 Å². The van der Waals surface area contributed by atoms with E-state index >= 15 is 0 Å². The van der Waals surface area contributed by atoms with Gasteiger partial charge in [0.05, 0.1) is 17.4 Å². The molecule has 0 atom stereocenters. The highest BCUT2D eigenvalue weighted by atomic mass is 32.2. The summed E-state index contributed by atoms with van der Waals surface area (Å²) in [5, 5.41) is 0.450. The van der Waals surface area contributed by atoms with E-state index in [4.69, 9.17) is 0 Å². The highest BCUT2D eigenvalue weighted by Crippen LogP contribution is 2.25. The molecule has 0 bridgehead atoms. The zero-order valence-corrected chi connectivity index (χ0v) is 9.47. The minimum atomic E-state index is -3.47. The van der Waals surface area contributed by atoms with Crippen LogP contribution in [-0.2, 0) is 9.53 Å². The number of nitrogens with zero attached hydrogens (tertiary/aromatic N) is 1. The highest BCUT2D eigenvalue weighted by molar-refractivity contribution is 7.99. The Morgan fingerprint density at radius 2 is 2.31 bits per heavy atom. The molecule has 6 heteroatoms. The average Bonchev–Trinajstić information content (AvgIpc) is 2.28. The SMILES string of the molecule is CCOC(=O)C(F)(F)CSc1ccccn1. The Kier molecular flexibility index (Phi) is 4.67. The van der Waals surface area contributed by atoms with Crippen molar-refractivity contribution in [3.8, 4) is 0 Å². The van der Waals surface area contributed by atoms with Crippen molar-refractivity contribution in [1.82, 2.24) is 4.98 Å². The minimum Gasteiger partial charge on any atom is -0.462 e. The van der Waals surface area contributed by atoms with Gasteiger partial charge in [0, 0.05) is 6.20 Å². The Labute approximate surface area is 96.2 Å². The number of hydrogen-bond acceptors (Lipinski definition) is 4. The molecule has 0 spiro atoms. The van der Waals surface area contributed by atoms with Crippen LogP contribution in [-0.4, -0.2) is 29.2 Å². The van der Waals surface area contributed by atoms with Crippen LogP contribution in [0.3, 0.4) is 0 Å². The molecule has 3 nitrogen and oxygen atoms in total. The van der Waals surface area contributed by atoms with Crippen molar-refractivity contribution >= 4 is 17.7 Å². The number of pyridine rings is 1. The predicted octanol–water partition coefficient (Wildman–Crippen LogP) is 2.37. The zero-order valence-electron chi connectivity index (χ0n) is 8.65. The molecule has 0 amide bonds. The van der Waals surface area contributed by atoms with E-state index in [1.165, 1.54) is 13.1 Å². The van der Waals surface area contributed by atoms with E-state index in [2.05, 4.69) is 9.72 Å². The summed E-state index contributed by atoms with van der Waals surface area (Å²) in [7, 11) is 0. The molecule has 1 aromatic heterocycles. The van der Waals surface area contributed by atoms with Gasteiger partial charge < -0.3 is 4.74 Å². The second-order valence-corrected chi connectivity index (χ2v) is 3.88. The third kappa shape index (κ3) is 3.77. The van der Waals surface area contributed by atoms with Crippen molar-refractivity contribution in [2.24, 2.45) is 0 Å². The smallest absolute Gasteiger partial charge is 0.377 e. The average molecular weight is 247 g/mol. The van der Waals surface area contributed by atoms with E-state index < -0.39 is 17.6 Å². The zero-order chi connectivity index (χ0) is 12.0. The number of thioether (sulfide) groups is 1.